The number of methoxy groups -OCH3 is 1. The van der Waals surface area contributed by atoms with E-state index in [1.165, 1.54) is 0 Å². The van der Waals surface area contributed by atoms with Crippen LogP contribution in [0.5, 0.6) is 11.5 Å². The fourth-order valence-electron chi connectivity index (χ4n) is 1.19. The molecule has 1 aromatic rings. The lowest BCUT2D eigenvalue weighted by molar-refractivity contribution is 0.273. The van der Waals surface area contributed by atoms with Gasteiger partial charge in [-0.15, -0.1) is 11.6 Å². The Morgan fingerprint density at radius 3 is 2.53 bits per heavy atom. The number of para-hydroxylation sites is 2. The molecular formula is C12H17ClO2. The Labute approximate surface area is 96.2 Å². The van der Waals surface area contributed by atoms with Crippen LogP contribution in [0.25, 0.3) is 0 Å². The molecule has 0 bridgehead atoms. The summed E-state index contributed by atoms with van der Waals surface area (Å²) in [7, 11) is 1.64. The molecule has 1 unspecified atom stereocenters. The van der Waals surface area contributed by atoms with Crippen molar-refractivity contribution in [1.29, 1.82) is 0 Å². The molecule has 0 aromatic heterocycles. The monoisotopic (exact) mass is 228 g/mol. The molecule has 1 aromatic carbocycles. The van der Waals surface area contributed by atoms with Gasteiger partial charge in [0.05, 0.1) is 13.7 Å². The van der Waals surface area contributed by atoms with Gasteiger partial charge in [-0.1, -0.05) is 19.1 Å². The van der Waals surface area contributed by atoms with Crippen LogP contribution in [0.1, 0.15) is 13.3 Å². The second-order valence-electron chi connectivity index (χ2n) is 3.55. The third-order valence-electron chi connectivity index (χ3n) is 2.20. The summed E-state index contributed by atoms with van der Waals surface area (Å²) in [6.07, 6.45) is 0.960. The number of rotatable bonds is 6. The molecule has 0 fully saturated rings. The van der Waals surface area contributed by atoms with Gasteiger partial charge in [0.1, 0.15) is 0 Å². The number of halogens is 1. The zero-order valence-corrected chi connectivity index (χ0v) is 9.96. The first kappa shape index (κ1) is 12.2. The second kappa shape index (κ2) is 6.57. The molecule has 1 rings (SSSR count). The van der Waals surface area contributed by atoms with Crippen molar-refractivity contribution in [2.24, 2.45) is 5.92 Å². The van der Waals surface area contributed by atoms with E-state index in [0.717, 1.165) is 17.9 Å². The number of alkyl halides is 1. The first-order chi connectivity index (χ1) is 7.27. The molecule has 0 heterocycles. The SMILES string of the molecule is COc1ccccc1OCCC(C)CCl. The number of hydrogen-bond acceptors (Lipinski definition) is 2. The Balaban J connectivity index is 2.43. The maximum absolute atomic E-state index is 5.71. The molecule has 0 radical (unpaired) electrons. The summed E-state index contributed by atoms with van der Waals surface area (Å²) < 4.78 is 10.8. The van der Waals surface area contributed by atoms with E-state index in [2.05, 4.69) is 6.92 Å². The highest BCUT2D eigenvalue weighted by atomic mass is 35.5. The van der Waals surface area contributed by atoms with Crippen LogP contribution >= 0.6 is 11.6 Å². The Morgan fingerprint density at radius 1 is 1.27 bits per heavy atom. The molecule has 0 aliphatic rings. The van der Waals surface area contributed by atoms with Gasteiger partial charge in [0.2, 0.25) is 0 Å². The van der Waals surface area contributed by atoms with E-state index in [0.29, 0.717) is 18.4 Å². The van der Waals surface area contributed by atoms with Gasteiger partial charge in [-0.25, -0.2) is 0 Å². The molecule has 0 spiro atoms. The molecule has 1 atom stereocenters. The summed E-state index contributed by atoms with van der Waals surface area (Å²) >= 11 is 5.71. The fourth-order valence-corrected chi connectivity index (χ4v) is 1.34. The van der Waals surface area contributed by atoms with Crippen molar-refractivity contribution >= 4 is 11.6 Å². The molecule has 0 saturated carbocycles. The van der Waals surface area contributed by atoms with E-state index >= 15 is 0 Å². The molecule has 15 heavy (non-hydrogen) atoms. The lowest BCUT2D eigenvalue weighted by atomic mass is 10.1. The van der Waals surface area contributed by atoms with Crippen LogP contribution in [-0.4, -0.2) is 19.6 Å². The quantitative estimate of drug-likeness (QED) is 0.696. The van der Waals surface area contributed by atoms with Crippen molar-refractivity contribution in [2.45, 2.75) is 13.3 Å². The van der Waals surface area contributed by atoms with Gasteiger partial charge >= 0.3 is 0 Å². The first-order valence-electron chi connectivity index (χ1n) is 5.09. The minimum absolute atomic E-state index is 0.487. The van der Waals surface area contributed by atoms with E-state index in [1.54, 1.807) is 7.11 Å². The second-order valence-corrected chi connectivity index (χ2v) is 3.86. The summed E-state index contributed by atoms with van der Waals surface area (Å²) in [5.41, 5.74) is 0. The topological polar surface area (TPSA) is 18.5 Å². The average Bonchev–Trinajstić information content (AvgIpc) is 2.29. The Kier molecular flexibility index (Phi) is 5.33. The van der Waals surface area contributed by atoms with Gasteiger partial charge in [-0.3, -0.25) is 0 Å². The molecule has 3 heteroatoms. The Hall–Kier alpha value is -0.890. The van der Waals surface area contributed by atoms with Crippen LogP contribution in [0.15, 0.2) is 24.3 Å². The predicted octanol–water partition coefficient (Wildman–Crippen LogP) is 3.34. The zero-order valence-electron chi connectivity index (χ0n) is 9.20. The summed E-state index contributed by atoms with van der Waals surface area (Å²) in [6.45, 7) is 2.78. The molecule has 0 aliphatic carbocycles. The van der Waals surface area contributed by atoms with Crippen LogP contribution in [0.2, 0.25) is 0 Å². The van der Waals surface area contributed by atoms with Gasteiger partial charge in [0.25, 0.3) is 0 Å². The zero-order chi connectivity index (χ0) is 11.1. The largest absolute Gasteiger partial charge is 0.493 e. The lowest BCUT2D eigenvalue weighted by Crippen LogP contribution is -2.05. The van der Waals surface area contributed by atoms with Crippen molar-refractivity contribution in [1.82, 2.24) is 0 Å². The third-order valence-corrected chi connectivity index (χ3v) is 2.73. The molecule has 0 N–H and O–H groups in total. The van der Waals surface area contributed by atoms with Crippen molar-refractivity contribution < 1.29 is 9.47 Å². The maximum Gasteiger partial charge on any atom is 0.161 e. The smallest absolute Gasteiger partial charge is 0.161 e. The van der Waals surface area contributed by atoms with Crippen LogP contribution in [0.3, 0.4) is 0 Å². The van der Waals surface area contributed by atoms with E-state index in [1.807, 2.05) is 24.3 Å². The molecule has 0 saturated heterocycles. The van der Waals surface area contributed by atoms with Crippen molar-refractivity contribution in [3.8, 4) is 11.5 Å². The van der Waals surface area contributed by atoms with Gasteiger partial charge in [-0.2, -0.15) is 0 Å². The predicted molar refractivity (Wildman–Crippen MR) is 63.0 cm³/mol. The number of ether oxygens (including phenoxy) is 2. The average molecular weight is 229 g/mol. The molecular weight excluding hydrogens is 212 g/mol. The fraction of sp³-hybridized carbons (Fsp3) is 0.500. The van der Waals surface area contributed by atoms with Gasteiger partial charge < -0.3 is 9.47 Å². The number of benzene rings is 1. The van der Waals surface area contributed by atoms with Crippen LogP contribution < -0.4 is 9.47 Å². The van der Waals surface area contributed by atoms with E-state index in [4.69, 9.17) is 21.1 Å². The van der Waals surface area contributed by atoms with Gasteiger partial charge in [-0.05, 0) is 24.5 Å². The summed E-state index contributed by atoms with van der Waals surface area (Å²) in [5, 5.41) is 0. The molecule has 0 amide bonds. The summed E-state index contributed by atoms with van der Waals surface area (Å²) in [4.78, 5) is 0. The number of hydrogen-bond donors (Lipinski definition) is 0. The standard InChI is InChI=1S/C12H17ClO2/c1-10(9-13)7-8-15-12-6-4-3-5-11(12)14-2/h3-6,10H,7-9H2,1-2H3. The van der Waals surface area contributed by atoms with E-state index in [-0.39, 0.29) is 0 Å². The van der Waals surface area contributed by atoms with Crippen LogP contribution in [0.4, 0.5) is 0 Å². The van der Waals surface area contributed by atoms with E-state index in [9.17, 15) is 0 Å². The normalized spacial score (nSPS) is 12.2. The van der Waals surface area contributed by atoms with E-state index < -0.39 is 0 Å². The Morgan fingerprint density at radius 2 is 1.93 bits per heavy atom. The van der Waals surface area contributed by atoms with Crippen LogP contribution in [-0.2, 0) is 0 Å². The molecule has 0 aliphatic heterocycles. The summed E-state index contributed by atoms with van der Waals surface area (Å²) in [5.74, 6) is 2.73. The van der Waals surface area contributed by atoms with Crippen LogP contribution in [0, 0.1) is 5.92 Å². The minimum atomic E-state index is 0.487. The van der Waals surface area contributed by atoms with Crippen molar-refractivity contribution in [2.75, 3.05) is 19.6 Å². The maximum atomic E-state index is 5.71. The van der Waals surface area contributed by atoms with Crippen molar-refractivity contribution in [3.63, 3.8) is 0 Å². The van der Waals surface area contributed by atoms with Crippen molar-refractivity contribution in [3.05, 3.63) is 24.3 Å². The third kappa shape index (κ3) is 4.00. The first-order valence-corrected chi connectivity index (χ1v) is 5.63. The molecule has 84 valence electrons. The highest BCUT2D eigenvalue weighted by molar-refractivity contribution is 6.18. The highest BCUT2D eigenvalue weighted by Crippen LogP contribution is 2.26. The van der Waals surface area contributed by atoms with Gasteiger partial charge in [0.15, 0.2) is 11.5 Å². The summed E-state index contributed by atoms with van der Waals surface area (Å²) in [6, 6.07) is 7.65. The molecule has 2 nitrogen and oxygen atoms in total. The Bertz CT molecular complexity index is 289. The van der Waals surface area contributed by atoms with Gasteiger partial charge in [0, 0.05) is 5.88 Å². The lowest BCUT2D eigenvalue weighted by Gasteiger charge is -2.11. The highest BCUT2D eigenvalue weighted by Gasteiger charge is 2.04. The minimum Gasteiger partial charge on any atom is -0.493 e.